The van der Waals surface area contributed by atoms with Gasteiger partial charge < -0.3 is 20.7 Å². The fourth-order valence-corrected chi connectivity index (χ4v) is 1.73. The van der Waals surface area contributed by atoms with E-state index in [1.807, 2.05) is 6.92 Å². The van der Waals surface area contributed by atoms with Crippen molar-refractivity contribution in [2.75, 3.05) is 23.7 Å². The van der Waals surface area contributed by atoms with Crippen LogP contribution in [-0.2, 0) is 9.59 Å². The highest BCUT2D eigenvalue weighted by Gasteiger charge is 2.23. The molecule has 102 valence electrons. The Hall–Kier alpha value is -2.08. The molecule has 2 amide bonds. The maximum absolute atomic E-state index is 11.6. The summed E-state index contributed by atoms with van der Waals surface area (Å²) in [6.07, 6.45) is -0.498. The first-order chi connectivity index (χ1) is 9.10. The van der Waals surface area contributed by atoms with Gasteiger partial charge in [0.05, 0.1) is 12.2 Å². The number of rotatable bonds is 4. The zero-order valence-corrected chi connectivity index (χ0v) is 10.9. The molecule has 0 spiro atoms. The van der Waals surface area contributed by atoms with E-state index in [1.54, 1.807) is 25.1 Å². The number of likely N-dealkylation sites (N-methyl/N-ethyl adjacent to an activating group) is 1. The first kappa shape index (κ1) is 13.4. The van der Waals surface area contributed by atoms with Gasteiger partial charge in [0.15, 0.2) is 6.10 Å². The molecule has 0 saturated heterocycles. The number of carbonyl (C=O) groups is 2. The lowest BCUT2D eigenvalue weighted by molar-refractivity contribution is -0.122. The van der Waals surface area contributed by atoms with Crippen molar-refractivity contribution in [3.05, 3.63) is 18.2 Å². The molecule has 1 atom stereocenters. The highest BCUT2D eigenvalue weighted by atomic mass is 16.5. The van der Waals surface area contributed by atoms with Crippen LogP contribution >= 0.6 is 0 Å². The van der Waals surface area contributed by atoms with Crippen LogP contribution in [0, 0.1) is 0 Å². The van der Waals surface area contributed by atoms with E-state index in [4.69, 9.17) is 4.74 Å². The summed E-state index contributed by atoms with van der Waals surface area (Å²) in [5.41, 5.74) is 1.20. The molecule has 0 fully saturated rings. The van der Waals surface area contributed by atoms with Gasteiger partial charge in [-0.25, -0.2) is 0 Å². The topological polar surface area (TPSA) is 79.5 Å². The van der Waals surface area contributed by atoms with Crippen LogP contribution in [0.3, 0.4) is 0 Å². The zero-order valence-electron chi connectivity index (χ0n) is 10.9. The average Bonchev–Trinajstić information content (AvgIpc) is 2.38. The van der Waals surface area contributed by atoms with Gasteiger partial charge in [0, 0.05) is 5.69 Å². The summed E-state index contributed by atoms with van der Waals surface area (Å²) in [4.78, 5) is 23.1. The maximum Gasteiger partial charge on any atom is 0.265 e. The van der Waals surface area contributed by atoms with Gasteiger partial charge in [-0.1, -0.05) is 6.92 Å². The normalized spacial score (nSPS) is 17.2. The van der Waals surface area contributed by atoms with E-state index in [2.05, 4.69) is 16.0 Å². The van der Waals surface area contributed by atoms with Gasteiger partial charge in [0.25, 0.3) is 5.91 Å². The predicted molar refractivity (Wildman–Crippen MR) is 72.3 cm³/mol. The molecule has 6 nitrogen and oxygen atoms in total. The second-order valence-electron chi connectivity index (χ2n) is 4.29. The van der Waals surface area contributed by atoms with Crippen LogP contribution in [0.4, 0.5) is 11.4 Å². The molecule has 1 aliphatic heterocycles. The Morgan fingerprint density at radius 1 is 1.47 bits per heavy atom. The molecule has 0 aromatic heterocycles. The van der Waals surface area contributed by atoms with Crippen LogP contribution in [0.1, 0.15) is 13.8 Å². The third-order valence-corrected chi connectivity index (χ3v) is 2.73. The van der Waals surface area contributed by atoms with Gasteiger partial charge in [0.1, 0.15) is 5.75 Å². The molecular formula is C13H17N3O3. The van der Waals surface area contributed by atoms with Crippen molar-refractivity contribution in [3.63, 3.8) is 0 Å². The molecule has 0 saturated carbocycles. The Balaban J connectivity index is 2.07. The van der Waals surface area contributed by atoms with Crippen molar-refractivity contribution in [2.45, 2.75) is 20.0 Å². The Morgan fingerprint density at radius 2 is 2.26 bits per heavy atom. The summed E-state index contributed by atoms with van der Waals surface area (Å²) in [6, 6.07) is 5.16. The van der Waals surface area contributed by atoms with E-state index in [0.717, 1.165) is 6.54 Å². The molecule has 1 aliphatic rings. The van der Waals surface area contributed by atoms with Gasteiger partial charge >= 0.3 is 0 Å². The number of fused-ring (bicyclic) bond motifs is 1. The summed E-state index contributed by atoms with van der Waals surface area (Å²) in [5.74, 6) is 0.290. The summed E-state index contributed by atoms with van der Waals surface area (Å²) in [6.45, 7) is 4.61. The van der Waals surface area contributed by atoms with Crippen molar-refractivity contribution in [1.29, 1.82) is 0 Å². The lowest BCUT2D eigenvalue weighted by Gasteiger charge is -2.23. The summed E-state index contributed by atoms with van der Waals surface area (Å²) >= 11 is 0. The molecule has 1 aromatic carbocycles. The second kappa shape index (κ2) is 5.71. The number of anilines is 2. The van der Waals surface area contributed by atoms with E-state index < -0.39 is 6.10 Å². The third-order valence-electron chi connectivity index (χ3n) is 2.73. The van der Waals surface area contributed by atoms with Gasteiger partial charge in [-0.2, -0.15) is 0 Å². The maximum atomic E-state index is 11.6. The number of benzene rings is 1. The SMILES string of the molecule is CCNCC(=O)Nc1ccc2c(c1)NC(=O)C(C)O2. The second-order valence-corrected chi connectivity index (χ2v) is 4.29. The van der Waals surface area contributed by atoms with Gasteiger partial charge in [0.2, 0.25) is 5.91 Å². The highest BCUT2D eigenvalue weighted by molar-refractivity contribution is 5.99. The van der Waals surface area contributed by atoms with Crippen LogP contribution in [0.25, 0.3) is 0 Å². The number of amides is 2. The van der Waals surface area contributed by atoms with E-state index >= 15 is 0 Å². The predicted octanol–water partition coefficient (Wildman–Crippen LogP) is 0.954. The molecule has 0 radical (unpaired) electrons. The molecule has 1 unspecified atom stereocenters. The lowest BCUT2D eigenvalue weighted by atomic mass is 10.2. The number of carbonyl (C=O) groups excluding carboxylic acids is 2. The smallest absolute Gasteiger partial charge is 0.265 e. The molecule has 1 heterocycles. The minimum atomic E-state index is -0.498. The Labute approximate surface area is 111 Å². The fourth-order valence-electron chi connectivity index (χ4n) is 1.73. The van der Waals surface area contributed by atoms with Gasteiger partial charge in [-0.05, 0) is 31.7 Å². The van der Waals surface area contributed by atoms with Crippen molar-refractivity contribution in [2.24, 2.45) is 0 Å². The summed E-state index contributed by atoms with van der Waals surface area (Å²) in [5, 5.41) is 8.42. The Kier molecular flexibility index (Phi) is 4.01. The minimum Gasteiger partial charge on any atom is -0.479 e. The van der Waals surface area contributed by atoms with Crippen LogP contribution < -0.4 is 20.7 Å². The molecule has 0 bridgehead atoms. The van der Waals surface area contributed by atoms with Crippen molar-refractivity contribution >= 4 is 23.2 Å². The number of hydrogen-bond donors (Lipinski definition) is 3. The largest absolute Gasteiger partial charge is 0.479 e. The number of ether oxygens (including phenoxy) is 1. The zero-order chi connectivity index (χ0) is 13.8. The Morgan fingerprint density at radius 3 is 3.00 bits per heavy atom. The van der Waals surface area contributed by atoms with Gasteiger partial charge in [-0.15, -0.1) is 0 Å². The third kappa shape index (κ3) is 3.23. The summed E-state index contributed by atoms with van der Waals surface area (Å²) < 4.78 is 5.43. The average molecular weight is 263 g/mol. The highest BCUT2D eigenvalue weighted by Crippen LogP contribution is 2.31. The van der Waals surface area contributed by atoms with E-state index in [-0.39, 0.29) is 18.4 Å². The molecule has 6 heteroatoms. The van der Waals surface area contributed by atoms with E-state index in [0.29, 0.717) is 17.1 Å². The first-order valence-electron chi connectivity index (χ1n) is 6.22. The minimum absolute atomic E-state index is 0.127. The molecule has 3 N–H and O–H groups in total. The van der Waals surface area contributed by atoms with Crippen LogP contribution in [-0.4, -0.2) is 31.0 Å². The van der Waals surface area contributed by atoms with E-state index in [1.165, 1.54) is 0 Å². The number of hydrogen-bond acceptors (Lipinski definition) is 4. The molecule has 1 aromatic rings. The Bertz CT molecular complexity index is 502. The monoisotopic (exact) mass is 263 g/mol. The van der Waals surface area contributed by atoms with Crippen LogP contribution in [0.15, 0.2) is 18.2 Å². The fraction of sp³-hybridized carbons (Fsp3) is 0.385. The molecule has 2 rings (SSSR count). The quantitative estimate of drug-likeness (QED) is 0.755. The first-order valence-corrected chi connectivity index (χ1v) is 6.22. The molecule has 19 heavy (non-hydrogen) atoms. The van der Waals surface area contributed by atoms with Gasteiger partial charge in [-0.3, -0.25) is 9.59 Å². The summed E-state index contributed by atoms with van der Waals surface area (Å²) in [7, 11) is 0. The number of nitrogens with one attached hydrogen (secondary N) is 3. The molecule has 0 aliphatic carbocycles. The van der Waals surface area contributed by atoms with Crippen molar-refractivity contribution in [1.82, 2.24) is 5.32 Å². The van der Waals surface area contributed by atoms with Crippen LogP contribution in [0.5, 0.6) is 5.75 Å². The van der Waals surface area contributed by atoms with Crippen molar-refractivity contribution < 1.29 is 14.3 Å². The standard InChI is InChI=1S/C13H17N3O3/c1-3-14-7-12(17)15-9-4-5-11-10(6-9)16-13(18)8(2)19-11/h4-6,8,14H,3,7H2,1-2H3,(H,15,17)(H,16,18). The lowest BCUT2D eigenvalue weighted by Crippen LogP contribution is -2.34. The van der Waals surface area contributed by atoms with Crippen LogP contribution in [0.2, 0.25) is 0 Å². The van der Waals surface area contributed by atoms with E-state index in [9.17, 15) is 9.59 Å². The van der Waals surface area contributed by atoms with Crippen molar-refractivity contribution in [3.8, 4) is 5.75 Å². The molecular weight excluding hydrogens is 246 g/mol.